The molecule has 1 fully saturated rings. The molecule has 4 rings (SSSR count). The monoisotopic (exact) mass is 341 g/mol. The molecule has 0 bridgehead atoms. The van der Waals surface area contributed by atoms with E-state index in [2.05, 4.69) is 6.07 Å². The number of benzene rings is 1. The van der Waals surface area contributed by atoms with Crippen LogP contribution in [0.2, 0.25) is 0 Å². The normalized spacial score (nSPS) is 20.2. The lowest BCUT2D eigenvalue weighted by Crippen LogP contribution is -2.38. The van der Waals surface area contributed by atoms with Crippen molar-refractivity contribution in [1.29, 1.82) is 0 Å². The molecule has 0 spiro atoms. The first kappa shape index (κ1) is 16.1. The van der Waals surface area contributed by atoms with E-state index in [1.165, 1.54) is 0 Å². The molecule has 1 aromatic carbocycles. The Kier molecular flexibility index (Phi) is 4.44. The minimum Gasteiger partial charge on any atom is -0.497 e. The van der Waals surface area contributed by atoms with Crippen LogP contribution >= 0.6 is 0 Å². The summed E-state index contributed by atoms with van der Waals surface area (Å²) >= 11 is 0. The van der Waals surface area contributed by atoms with Crippen molar-refractivity contribution in [2.45, 2.75) is 38.5 Å². The van der Waals surface area contributed by atoms with Gasteiger partial charge in [0.2, 0.25) is 0 Å². The zero-order valence-electron chi connectivity index (χ0n) is 14.5. The summed E-state index contributed by atoms with van der Waals surface area (Å²) in [6.45, 7) is 2.90. The van der Waals surface area contributed by atoms with Crippen molar-refractivity contribution in [2.24, 2.45) is 0 Å². The standard InChI is InChI=1S/C19H23N3O3/c1-24-16-7-5-14(6-8-16)17-12-15-13-21(9-3-10-22(15)20-17)19(23)18-4-2-11-25-18/h5-8,12,18H,2-4,9-11,13H2,1H3. The van der Waals surface area contributed by atoms with E-state index in [0.717, 1.165) is 55.1 Å². The number of amides is 1. The fourth-order valence-electron chi connectivity index (χ4n) is 3.53. The van der Waals surface area contributed by atoms with Crippen LogP contribution in [0.5, 0.6) is 5.75 Å². The summed E-state index contributed by atoms with van der Waals surface area (Å²) in [5, 5.41) is 4.73. The van der Waals surface area contributed by atoms with Gasteiger partial charge in [-0.3, -0.25) is 9.48 Å². The Balaban J connectivity index is 1.54. The molecule has 132 valence electrons. The Bertz CT molecular complexity index is 748. The number of ether oxygens (including phenoxy) is 2. The minimum atomic E-state index is -0.254. The highest BCUT2D eigenvalue weighted by Crippen LogP contribution is 2.25. The fourth-order valence-corrected chi connectivity index (χ4v) is 3.53. The lowest BCUT2D eigenvalue weighted by atomic mass is 10.1. The number of fused-ring (bicyclic) bond motifs is 1. The van der Waals surface area contributed by atoms with E-state index in [-0.39, 0.29) is 12.0 Å². The van der Waals surface area contributed by atoms with Gasteiger partial charge < -0.3 is 14.4 Å². The van der Waals surface area contributed by atoms with Gasteiger partial charge in [0.05, 0.1) is 25.0 Å². The Labute approximate surface area is 147 Å². The van der Waals surface area contributed by atoms with Crippen LogP contribution in [0, 0.1) is 0 Å². The van der Waals surface area contributed by atoms with Crippen LogP contribution < -0.4 is 4.74 Å². The van der Waals surface area contributed by atoms with Crippen LogP contribution in [0.25, 0.3) is 11.3 Å². The number of aromatic nitrogens is 2. The molecule has 3 heterocycles. The number of nitrogens with zero attached hydrogens (tertiary/aromatic N) is 3. The van der Waals surface area contributed by atoms with E-state index < -0.39 is 0 Å². The SMILES string of the molecule is COc1ccc(-c2cc3n(n2)CCCN(C(=O)C2CCCO2)C3)cc1. The van der Waals surface area contributed by atoms with Crippen LogP contribution in [-0.2, 0) is 22.6 Å². The van der Waals surface area contributed by atoms with Crippen molar-refractivity contribution in [3.8, 4) is 17.0 Å². The van der Waals surface area contributed by atoms with Gasteiger partial charge in [0.15, 0.2) is 0 Å². The number of aryl methyl sites for hydroxylation is 1. The molecular formula is C19H23N3O3. The van der Waals surface area contributed by atoms with Gasteiger partial charge in [-0.05, 0) is 49.6 Å². The molecule has 1 amide bonds. The number of carbonyl (C=O) groups excluding carboxylic acids is 1. The molecule has 0 radical (unpaired) electrons. The summed E-state index contributed by atoms with van der Waals surface area (Å²) in [7, 11) is 1.66. The molecule has 2 aliphatic rings. The summed E-state index contributed by atoms with van der Waals surface area (Å²) in [5.41, 5.74) is 3.07. The first-order valence-corrected chi connectivity index (χ1v) is 8.86. The third-order valence-corrected chi connectivity index (χ3v) is 4.92. The molecular weight excluding hydrogens is 318 g/mol. The summed E-state index contributed by atoms with van der Waals surface area (Å²) in [5.74, 6) is 0.955. The fraction of sp³-hybridized carbons (Fsp3) is 0.474. The quantitative estimate of drug-likeness (QED) is 0.861. The summed E-state index contributed by atoms with van der Waals surface area (Å²) in [4.78, 5) is 14.6. The maximum Gasteiger partial charge on any atom is 0.252 e. The van der Waals surface area contributed by atoms with Crippen LogP contribution in [0.3, 0.4) is 0 Å². The maximum atomic E-state index is 12.7. The zero-order chi connectivity index (χ0) is 17.2. The van der Waals surface area contributed by atoms with Gasteiger partial charge in [-0.25, -0.2) is 0 Å². The average Bonchev–Trinajstić information content (AvgIpc) is 3.27. The third-order valence-electron chi connectivity index (χ3n) is 4.92. The number of methoxy groups -OCH3 is 1. The zero-order valence-corrected chi connectivity index (χ0v) is 14.5. The van der Waals surface area contributed by atoms with Crippen LogP contribution in [0.15, 0.2) is 30.3 Å². The Morgan fingerprint density at radius 2 is 2.08 bits per heavy atom. The molecule has 2 aliphatic heterocycles. The highest BCUT2D eigenvalue weighted by molar-refractivity contribution is 5.81. The lowest BCUT2D eigenvalue weighted by Gasteiger charge is -2.23. The second-order valence-electron chi connectivity index (χ2n) is 6.59. The van der Waals surface area contributed by atoms with Crippen LogP contribution in [0.4, 0.5) is 0 Å². The molecule has 0 N–H and O–H groups in total. The molecule has 0 aliphatic carbocycles. The number of carbonyl (C=O) groups is 1. The molecule has 6 heteroatoms. The molecule has 2 aromatic rings. The topological polar surface area (TPSA) is 56.6 Å². The number of hydrogen-bond donors (Lipinski definition) is 0. The Morgan fingerprint density at radius 1 is 1.24 bits per heavy atom. The summed E-state index contributed by atoms with van der Waals surface area (Å²) in [6.07, 6.45) is 2.47. The van der Waals surface area contributed by atoms with E-state index in [4.69, 9.17) is 14.6 Å². The van der Waals surface area contributed by atoms with Gasteiger partial charge in [0.25, 0.3) is 5.91 Å². The highest BCUT2D eigenvalue weighted by atomic mass is 16.5. The number of hydrogen-bond acceptors (Lipinski definition) is 4. The molecule has 1 unspecified atom stereocenters. The predicted molar refractivity (Wildman–Crippen MR) is 93.2 cm³/mol. The van der Waals surface area contributed by atoms with Crippen molar-refractivity contribution in [1.82, 2.24) is 14.7 Å². The van der Waals surface area contributed by atoms with Crippen LogP contribution in [0.1, 0.15) is 25.0 Å². The predicted octanol–water partition coefficient (Wildman–Crippen LogP) is 2.47. The first-order chi connectivity index (χ1) is 12.2. The van der Waals surface area contributed by atoms with Gasteiger partial charge in [0.1, 0.15) is 11.9 Å². The first-order valence-electron chi connectivity index (χ1n) is 8.86. The van der Waals surface area contributed by atoms with Gasteiger partial charge in [-0.1, -0.05) is 0 Å². The van der Waals surface area contributed by atoms with Crippen molar-refractivity contribution in [2.75, 3.05) is 20.3 Å². The second-order valence-corrected chi connectivity index (χ2v) is 6.59. The molecule has 1 saturated heterocycles. The highest BCUT2D eigenvalue weighted by Gasteiger charge is 2.30. The van der Waals surface area contributed by atoms with Gasteiger partial charge >= 0.3 is 0 Å². The number of rotatable bonds is 3. The maximum absolute atomic E-state index is 12.7. The summed E-state index contributed by atoms with van der Waals surface area (Å²) < 4.78 is 12.8. The van der Waals surface area contributed by atoms with E-state index in [9.17, 15) is 4.79 Å². The average molecular weight is 341 g/mol. The van der Waals surface area contributed by atoms with Crippen molar-refractivity contribution in [3.05, 3.63) is 36.0 Å². The third kappa shape index (κ3) is 3.26. The smallest absolute Gasteiger partial charge is 0.252 e. The van der Waals surface area contributed by atoms with Crippen molar-refractivity contribution >= 4 is 5.91 Å². The van der Waals surface area contributed by atoms with E-state index in [1.54, 1.807) is 7.11 Å². The minimum absolute atomic E-state index is 0.123. The molecule has 0 saturated carbocycles. The molecule has 1 aromatic heterocycles. The summed E-state index contributed by atoms with van der Waals surface area (Å²) in [6, 6.07) is 9.98. The van der Waals surface area contributed by atoms with Crippen molar-refractivity contribution in [3.63, 3.8) is 0 Å². The van der Waals surface area contributed by atoms with Crippen molar-refractivity contribution < 1.29 is 14.3 Å². The van der Waals surface area contributed by atoms with Gasteiger partial charge in [0, 0.05) is 25.3 Å². The molecule has 6 nitrogen and oxygen atoms in total. The Morgan fingerprint density at radius 3 is 2.80 bits per heavy atom. The second kappa shape index (κ2) is 6.88. The van der Waals surface area contributed by atoms with Crippen LogP contribution in [-0.4, -0.2) is 47.0 Å². The van der Waals surface area contributed by atoms with E-state index in [0.29, 0.717) is 13.2 Å². The van der Waals surface area contributed by atoms with E-state index >= 15 is 0 Å². The lowest BCUT2D eigenvalue weighted by molar-refractivity contribution is -0.141. The molecule has 25 heavy (non-hydrogen) atoms. The van der Waals surface area contributed by atoms with Gasteiger partial charge in [-0.15, -0.1) is 0 Å². The molecule has 1 atom stereocenters. The largest absolute Gasteiger partial charge is 0.497 e. The van der Waals surface area contributed by atoms with Gasteiger partial charge in [-0.2, -0.15) is 5.10 Å². The van der Waals surface area contributed by atoms with E-state index in [1.807, 2.05) is 33.8 Å². The Hall–Kier alpha value is -2.34.